The SMILES string of the molecule is COc1ccc(CC(=O)OCC(=O)N(c2ccccc2)C2C=CS(=O)(=O)C2)cc1F. The van der Waals surface area contributed by atoms with E-state index in [1.807, 2.05) is 0 Å². The number of esters is 1. The van der Waals surface area contributed by atoms with Crippen LogP contribution in [0.4, 0.5) is 10.1 Å². The summed E-state index contributed by atoms with van der Waals surface area (Å²) in [5.41, 5.74) is 0.859. The molecule has 158 valence electrons. The standard InChI is InChI=1S/C21H20FNO6S/c1-28-19-8-7-15(11-18(19)22)12-21(25)29-13-20(24)23(16-5-3-2-4-6-16)17-9-10-30(26,27)14-17/h2-11,17H,12-14H2,1H3. The first-order valence-electron chi connectivity index (χ1n) is 9.05. The van der Waals surface area contributed by atoms with Crippen molar-refractivity contribution in [3.05, 3.63) is 71.4 Å². The maximum Gasteiger partial charge on any atom is 0.310 e. The number of sulfone groups is 1. The smallest absolute Gasteiger partial charge is 0.310 e. The largest absolute Gasteiger partial charge is 0.494 e. The molecule has 3 rings (SSSR count). The predicted octanol–water partition coefficient (Wildman–Crippen LogP) is 2.26. The summed E-state index contributed by atoms with van der Waals surface area (Å²) in [5.74, 6) is -2.08. The Bertz CT molecular complexity index is 1070. The molecule has 0 N–H and O–H groups in total. The van der Waals surface area contributed by atoms with E-state index in [9.17, 15) is 22.4 Å². The zero-order chi connectivity index (χ0) is 21.7. The molecule has 7 nitrogen and oxygen atoms in total. The minimum atomic E-state index is -3.39. The highest BCUT2D eigenvalue weighted by Crippen LogP contribution is 2.23. The number of nitrogens with zero attached hydrogens (tertiary/aromatic N) is 1. The lowest BCUT2D eigenvalue weighted by Gasteiger charge is -2.27. The average molecular weight is 433 g/mol. The number of benzene rings is 2. The molecular formula is C21H20FNO6S. The van der Waals surface area contributed by atoms with E-state index in [0.717, 1.165) is 11.5 Å². The summed E-state index contributed by atoms with van der Waals surface area (Å²) >= 11 is 0. The summed E-state index contributed by atoms with van der Waals surface area (Å²) in [5, 5.41) is 1.07. The third-order valence-corrected chi connectivity index (χ3v) is 5.85. The van der Waals surface area contributed by atoms with E-state index < -0.39 is 40.2 Å². The lowest BCUT2D eigenvalue weighted by atomic mass is 10.1. The molecule has 0 radical (unpaired) electrons. The number of halogens is 1. The van der Waals surface area contributed by atoms with Gasteiger partial charge in [0.05, 0.1) is 25.3 Å². The zero-order valence-electron chi connectivity index (χ0n) is 16.2. The summed E-state index contributed by atoms with van der Waals surface area (Å²) in [6.45, 7) is -0.573. The summed E-state index contributed by atoms with van der Waals surface area (Å²) < 4.78 is 47.2. The minimum absolute atomic E-state index is 0.0559. The number of amides is 1. The normalized spacial score (nSPS) is 16.8. The average Bonchev–Trinajstić information content (AvgIpc) is 3.07. The van der Waals surface area contributed by atoms with Crippen molar-refractivity contribution in [1.29, 1.82) is 0 Å². The maximum absolute atomic E-state index is 13.8. The second-order valence-electron chi connectivity index (χ2n) is 6.63. The van der Waals surface area contributed by atoms with Gasteiger partial charge in [-0.3, -0.25) is 9.59 Å². The quantitative estimate of drug-likeness (QED) is 0.623. The predicted molar refractivity (Wildman–Crippen MR) is 108 cm³/mol. The fourth-order valence-electron chi connectivity index (χ4n) is 3.08. The fraction of sp³-hybridized carbons (Fsp3) is 0.238. The minimum Gasteiger partial charge on any atom is -0.494 e. The Labute approximate surface area is 173 Å². The van der Waals surface area contributed by atoms with Crippen LogP contribution in [0.2, 0.25) is 0 Å². The molecule has 9 heteroatoms. The molecule has 0 aliphatic carbocycles. The summed E-state index contributed by atoms with van der Waals surface area (Å²) in [6, 6.07) is 11.9. The Morgan fingerprint density at radius 3 is 2.50 bits per heavy atom. The molecule has 0 saturated carbocycles. The summed E-state index contributed by atoms with van der Waals surface area (Å²) in [4.78, 5) is 26.2. The molecule has 0 spiro atoms. The van der Waals surface area contributed by atoms with E-state index in [0.29, 0.717) is 11.3 Å². The zero-order valence-corrected chi connectivity index (χ0v) is 17.0. The molecule has 0 fully saturated rings. The van der Waals surface area contributed by atoms with Crippen molar-refractivity contribution in [2.45, 2.75) is 12.5 Å². The van der Waals surface area contributed by atoms with Crippen molar-refractivity contribution in [1.82, 2.24) is 0 Å². The van der Waals surface area contributed by atoms with Crippen LogP contribution >= 0.6 is 0 Å². The van der Waals surface area contributed by atoms with Gasteiger partial charge in [0.1, 0.15) is 0 Å². The van der Waals surface area contributed by atoms with E-state index in [2.05, 4.69) is 0 Å². The van der Waals surface area contributed by atoms with Crippen LogP contribution in [-0.4, -0.2) is 45.8 Å². The third kappa shape index (κ3) is 5.24. The van der Waals surface area contributed by atoms with E-state index >= 15 is 0 Å². The molecular weight excluding hydrogens is 413 g/mol. The Hall–Kier alpha value is -3.20. The van der Waals surface area contributed by atoms with Gasteiger partial charge in [-0.05, 0) is 35.9 Å². The molecule has 1 heterocycles. The molecule has 0 bridgehead atoms. The Balaban J connectivity index is 1.66. The Morgan fingerprint density at radius 1 is 1.17 bits per heavy atom. The van der Waals surface area contributed by atoms with Crippen LogP contribution in [-0.2, 0) is 30.6 Å². The summed E-state index contributed by atoms with van der Waals surface area (Å²) in [7, 11) is -2.06. The number of ether oxygens (including phenoxy) is 2. The number of methoxy groups -OCH3 is 1. The molecule has 0 aromatic heterocycles. The first-order chi connectivity index (χ1) is 14.3. The van der Waals surface area contributed by atoms with Gasteiger partial charge in [-0.1, -0.05) is 24.3 Å². The molecule has 1 aliphatic heterocycles. The second-order valence-corrected chi connectivity index (χ2v) is 8.56. The Kier molecular flexibility index (Phi) is 6.51. The molecule has 2 aromatic rings. The van der Waals surface area contributed by atoms with Crippen LogP contribution in [0.1, 0.15) is 5.56 Å². The summed E-state index contributed by atoms with van der Waals surface area (Å²) in [6.07, 6.45) is 1.21. The first-order valence-corrected chi connectivity index (χ1v) is 10.8. The Morgan fingerprint density at radius 2 is 1.90 bits per heavy atom. The van der Waals surface area contributed by atoms with Crippen molar-refractivity contribution >= 4 is 27.4 Å². The fourth-order valence-corrected chi connectivity index (χ4v) is 4.35. The van der Waals surface area contributed by atoms with Crippen LogP contribution in [0.15, 0.2) is 60.0 Å². The maximum atomic E-state index is 13.8. The highest BCUT2D eigenvalue weighted by molar-refractivity contribution is 7.94. The van der Waals surface area contributed by atoms with Gasteiger partial charge in [0.25, 0.3) is 5.91 Å². The number of carbonyl (C=O) groups is 2. The first kappa shape index (κ1) is 21.5. The molecule has 1 atom stereocenters. The van der Waals surface area contributed by atoms with Gasteiger partial charge in [0.15, 0.2) is 28.0 Å². The monoisotopic (exact) mass is 433 g/mol. The molecule has 1 aliphatic rings. The number of carbonyl (C=O) groups excluding carboxylic acids is 2. The van der Waals surface area contributed by atoms with E-state index in [4.69, 9.17) is 9.47 Å². The van der Waals surface area contributed by atoms with Crippen molar-refractivity contribution < 1.29 is 31.9 Å². The van der Waals surface area contributed by atoms with Crippen molar-refractivity contribution in [3.63, 3.8) is 0 Å². The number of hydrogen-bond acceptors (Lipinski definition) is 6. The number of anilines is 1. The third-order valence-electron chi connectivity index (χ3n) is 4.47. The van der Waals surface area contributed by atoms with E-state index in [1.165, 1.54) is 30.2 Å². The van der Waals surface area contributed by atoms with Crippen molar-refractivity contribution in [3.8, 4) is 5.75 Å². The molecule has 1 amide bonds. The van der Waals surface area contributed by atoms with Crippen LogP contribution < -0.4 is 9.64 Å². The number of rotatable bonds is 7. The molecule has 30 heavy (non-hydrogen) atoms. The van der Waals surface area contributed by atoms with E-state index in [-0.39, 0.29) is 17.9 Å². The van der Waals surface area contributed by atoms with Crippen LogP contribution in [0, 0.1) is 5.82 Å². The lowest BCUT2D eigenvalue weighted by Crippen LogP contribution is -2.43. The van der Waals surface area contributed by atoms with Crippen LogP contribution in [0.3, 0.4) is 0 Å². The van der Waals surface area contributed by atoms with Gasteiger partial charge in [-0.25, -0.2) is 12.8 Å². The van der Waals surface area contributed by atoms with Gasteiger partial charge < -0.3 is 14.4 Å². The van der Waals surface area contributed by atoms with Gasteiger partial charge in [0, 0.05) is 11.1 Å². The second kappa shape index (κ2) is 9.08. The molecule has 1 unspecified atom stereocenters. The lowest BCUT2D eigenvalue weighted by molar-refractivity contribution is -0.147. The van der Waals surface area contributed by atoms with Crippen LogP contribution in [0.5, 0.6) is 5.75 Å². The van der Waals surface area contributed by atoms with Crippen LogP contribution in [0.25, 0.3) is 0 Å². The molecule has 2 aromatic carbocycles. The number of hydrogen-bond donors (Lipinski definition) is 0. The van der Waals surface area contributed by atoms with Crippen molar-refractivity contribution in [2.75, 3.05) is 24.4 Å². The number of para-hydroxylation sites is 1. The van der Waals surface area contributed by atoms with Gasteiger partial charge >= 0.3 is 5.97 Å². The highest BCUT2D eigenvalue weighted by atomic mass is 32.2. The van der Waals surface area contributed by atoms with Crippen molar-refractivity contribution in [2.24, 2.45) is 0 Å². The van der Waals surface area contributed by atoms with Gasteiger partial charge in [-0.2, -0.15) is 0 Å². The molecule has 0 saturated heterocycles. The van der Waals surface area contributed by atoms with Gasteiger partial charge in [0.2, 0.25) is 0 Å². The van der Waals surface area contributed by atoms with E-state index in [1.54, 1.807) is 30.3 Å². The highest BCUT2D eigenvalue weighted by Gasteiger charge is 2.31. The topological polar surface area (TPSA) is 90.0 Å². The van der Waals surface area contributed by atoms with Gasteiger partial charge in [-0.15, -0.1) is 0 Å².